The number of hydrogen-bond acceptors (Lipinski definition) is 4. The standard InChI is InChI=1S/C21H25ClN4O3/c1-15(19-4-2-3-5-20(19)22)25-21(24-13-17-10-11-29-14-17)23-12-16-6-8-18(9-7-16)26(27)28/h2-9,15,17H,10-14H2,1H3,(H2,23,24,25). The molecule has 1 aliphatic heterocycles. The van der Waals surface area contributed by atoms with Gasteiger partial charge in [0.2, 0.25) is 0 Å². The maximum absolute atomic E-state index is 10.8. The van der Waals surface area contributed by atoms with Crippen molar-refractivity contribution < 1.29 is 9.66 Å². The molecule has 0 aromatic heterocycles. The second kappa shape index (κ2) is 10.2. The minimum atomic E-state index is -0.406. The Morgan fingerprint density at radius 1 is 1.31 bits per heavy atom. The van der Waals surface area contributed by atoms with Crippen LogP contribution in [0.4, 0.5) is 5.69 Å². The largest absolute Gasteiger partial charge is 0.381 e. The zero-order valence-electron chi connectivity index (χ0n) is 16.3. The summed E-state index contributed by atoms with van der Waals surface area (Å²) >= 11 is 6.32. The van der Waals surface area contributed by atoms with E-state index >= 15 is 0 Å². The number of nitrogens with one attached hydrogen (secondary N) is 2. The van der Waals surface area contributed by atoms with Gasteiger partial charge in [-0.25, -0.2) is 4.99 Å². The van der Waals surface area contributed by atoms with E-state index in [0.717, 1.165) is 37.3 Å². The summed E-state index contributed by atoms with van der Waals surface area (Å²) < 4.78 is 5.44. The smallest absolute Gasteiger partial charge is 0.269 e. The molecule has 0 spiro atoms. The van der Waals surface area contributed by atoms with Crippen LogP contribution in [0.5, 0.6) is 0 Å². The first-order valence-electron chi connectivity index (χ1n) is 9.63. The van der Waals surface area contributed by atoms with Crippen molar-refractivity contribution in [2.24, 2.45) is 10.9 Å². The lowest BCUT2D eigenvalue weighted by atomic mass is 10.1. The van der Waals surface area contributed by atoms with Crippen LogP contribution in [0.25, 0.3) is 0 Å². The van der Waals surface area contributed by atoms with Gasteiger partial charge in [0, 0.05) is 36.2 Å². The number of rotatable bonds is 7. The van der Waals surface area contributed by atoms with Gasteiger partial charge in [-0.3, -0.25) is 10.1 Å². The molecule has 3 rings (SSSR count). The van der Waals surface area contributed by atoms with Crippen LogP contribution in [0, 0.1) is 16.0 Å². The molecule has 7 nitrogen and oxygen atoms in total. The van der Waals surface area contributed by atoms with Gasteiger partial charge in [-0.15, -0.1) is 0 Å². The van der Waals surface area contributed by atoms with Crippen LogP contribution < -0.4 is 10.6 Å². The molecule has 1 heterocycles. The Hall–Kier alpha value is -2.64. The normalized spacial score (nSPS) is 17.7. The molecule has 0 radical (unpaired) electrons. The van der Waals surface area contributed by atoms with Gasteiger partial charge in [-0.05, 0) is 30.5 Å². The summed E-state index contributed by atoms with van der Waals surface area (Å²) in [6.07, 6.45) is 1.03. The monoisotopic (exact) mass is 416 g/mol. The molecule has 29 heavy (non-hydrogen) atoms. The Bertz CT molecular complexity index is 851. The van der Waals surface area contributed by atoms with Crippen molar-refractivity contribution in [2.45, 2.75) is 25.9 Å². The highest BCUT2D eigenvalue weighted by Crippen LogP contribution is 2.22. The van der Waals surface area contributed by atoms with E-state index < -0.39 is 4.92 Å². The summed E-state index contributed by atoms with van der Waals surface area (Å²) in [4.78, 5) is 15.1. The van der Waals surface area contributed by atoms with Gasteiger partial charge in [-0.1, -0.05) is 41.9 Å². The molecular formula is C21H25ClN4O3. The lowest BCUT2D eigenvalue weighted by Crippen LogP contribution is -2.41. The Labute approximate surface area is 175 Å². The molecular weight excluding hydrogens is 392 g/mol. The highest BCUT2D eigenvalue weighted by molar-refractivity contribution is 6.31. The second-order valence-electron chi connectivity index (χ2n) is 7.09. The number of nitro benzene ring substituents is 1. The van der Waals surface area contributed by atoms with Crippen molar-refractivity contribution in [3.05, 3.63) is 74.8 Å². The number of nitro groups is 1. The Morgan fingerprint density at radius 3 is 2.72 bits per heavy atom. The topological polar surface area (TPSA) is 88.8 Å². The van der Waals surface area contributed by atoms with Gasteiger partial charge in [-0.2, -0.15) is 0 Å². The first-order chi connectivity index (χ1) is 14.0. The van der Waals surface area contributed by atoms with Gasteiger partial charge in [0.15, 0.2) is 5.96 Å². The number of non-ortho nitro benzene ring substituents is 1. The Kier molecular flexibility index (Phi) is 7.43. The minimum Gasteiger partial charge on any atom is -0.381 e. The van der Waals surface area contributed by atoms with E-state index in [0.29, 0.717) is 23.4 Å². The summed E-state index contributed by atoms with van der Waals surface area (Å²) in [5.41, 5.74) is 1.96. The van der Waals surface area contributed by atoms with Gasteiger partial charge < -0.3 is 15.4 Å². The predicted octanol–water partition coefficient (Wildman–Crippen LogP) is 4.08. The molecule has 2 N–H and O–H groups in total. The number of guanidine groups is 1. The number of ether oxygens (including phenoxy) is 1. The molecule has 0 aliphatic carbocycles. The first kappa shape index (κ1) is 21.1. The average molecular weight is 417 g/mol. The van der Waals surface area contributed by atoms with Crippen LogP contribution in [0.1, 0.15) is 30.5 Å². The van der Waals surface area contributed by atoms with Crippen molar-refractivity contribution in [2.75, 3.05) is 19.8 Å². The van der Waals surface area contributed by atoms with Crippen molar-refractivity contribution >= 4 is 23.2 Å². The molecule has 2 atom stereocenters. The molecule has 8 heteroatoms. The lowest BCUT2D eigenvalue weighted by Gasteiger charge is -2.20. The van der Waals surface area contributed by atoms with Gasteiger partial charge in [0.1, 0.15) is 0 Å². The SMILES string of the molecule is CC(NC(=NCc1ccc([N+](=O)[O-])cc1)NCC1CCOC1)c1ccccc1Cl. The van der Waals surface area contributed by atoms with E-state index in [4.69, 9.17) is 16.3 Å². The highest BCUT2D eigenvalue weighted by Gasteiger charge is 2.17. The molecule has 0 amide bonds. The van der Waals surface area contributed by atoms with Gasteiger partial charge in [0.25, 0.3) is 5.69 Å². The van der Waals surface area contributed by atoms with Crippen LogP contribution >= 0.6 is 11.6 Å². The maximum atomic E-state index is 10.8. The van der Waals surface area contributed by atoms with Crippen molar-refractivity contribution in [3.8, 4) is 0 Å². The number of halogens is 1. The molecule has 154 valence electrons. The fraction of sp³-hybridized carbons (Fsp3) is 0.381. The molecule has 1 fully saturated rings. The molecule has 0 bridgehead atoms. The molecule has 0 saturated carbocycles. The fourth-order valence-electron chi connectivity index (χ4n) is 3.14. The molecule has 2 unspecified atom stereocenters. The summed E-state index contributed by atoms with van der Waals surface area (Å²) in [7, 11) is 0. The quantitative estimate of drug-likeness (QED) is 0.307. The van der Waals surface area contributed by atoms with Crippen molar-refractivity contribution in [1.29, 1.82) is 0 Å². The van der Waals surface area contributed by atoms with E-state index in [1.54, 1.807) is 12.1 Å². The van der Waals surface area contributed by atoms with E-state index in [-0.39, 0.29) is 11.7 Å². The van der Waals surface area contributed by atoms with E-state index in [1.807, 2.05) is 31.2 Å². The number of nitrogens with zero attached hydrogens (tertiary/aromatic N) is 2. The van der Waals surface area contributed by atoms with Crippen molar-refractivity contribution in [1.82, 2.24) is 10.6 Å². The highest BCUT2D eigenvalue weighted by atomic mass is 35.5. The molecule has 1 saturated heterocycles. The van der Waals surface area contributed by atoms with E-state index in [2.05, 4.69) is 15.6 Å². The van der Waals surface area contributed by atoms with Gasteiger partial charge >= 0.3 is 0 Å². The maximum Gasteiger partial charge on any atom is 0.269 e. The second-order valence-corrected chi connectivity index (χ2v) is 7.49. The Morgan fingerprint density at radius 2 is 2.07 bits per heavy atom. The third-order valence-electron chi connectivity index (χ3n) is 4.87. The number of hydrogen-bond donors (Lipinski definition) is 2. The van der Waals surface area contributed by atoms with Crippen LogP contribution in [0.3, 0.4) is 0 Å². The zero-order chi connectivity index (χ0) is 20.6. The van der Waals surface area contributed by atoms with E-state index in [9.17, 15) is 10.1 Å². The summed E-state index contributed by atoms with van der Waals surface area (Å²) in [5.74, 6) is 1.12. The van der Waals surface area contributed by atoms with Gasteiger partial charge in [0.05, 0.1) is 24.1 Å². The zero-order valence-corrected chi connectivity index (χ0v) is 17.1. The fourth-order valence-corrected chi connectivity index (χ4v) is 3.44. The summed E-state index contributed by atoms with van der Waals surface area (Å²) in [5, 5.41) is 18.3. The molecule has 2 aromatic rings. The summed E-state index contributed by atoms with van der Waals surface area (Å²) in [6, 6.07) is 14.1. The lowest BCUT2D eigenvalue weighted by molar-refractivity contribution is -0.384. The van der Waals surface area contributed by atoms with Crippen LogP contribution in [-0.2, 0) is 11.3 Å². The third-order valence-corrected chi connectivity index (χ3v) is 5.22. The van der Waals surface area contributed by atoms with Crippen LogP contribution in [-0.4, -0.2) is 30.6 Å². The van der Waals surface area contributed by atoms with Crippen LogP contribution in [0.2, 0.25) is 5.02 Å². The average Bonchev–Trinajstić information content (AvgIpc) is 3.24. The Balaban J connectivity index is 1.69. The minimum absolute atomic E-state index is 0.0355. The van der Waals surface area contributed by atoms with Crippen LogP contribution in [0.15, 0.2) is 53.5 Å². The van der Waals surface area contributed by atoms with E-state index in [1.165, 1.54) is 12.1 Å². The predicted molar refractivity (Wildman–Crippen MR) is 114 cm³/mol. The summed E-state index contributed by atoms with van der Waals surface area (Å²) in [6.45, 7) is 4.75. The number of benzene rings is 2. The molecule has 1 aliphatic rings. The van der Waals surface area contributed by atoms with Crippen molar-refractivity contribution in [3.63, 3.8) is 0 Å². The third kappa shape index (κ3) is 6.17. The molecule has 2 aromatic carbocycles. The number of aliphatic imine (C=N–C) groups is 1. The first-order valence-corrected chi connectivity index (χ1v) is 10.0.